The Labute approximate surface area is 121 Å². The van der Waals surface area contributed by atoms with Crippen molar-refractivity contribution in [1.29, 1.82) is 0 Å². The number of hydrogen-bond acceptors (Lipinski definition) is 2. The summed E-state index contributed by atoms with van der Waals surface area (Å²) in [4.78, 5) is 0. The Kier molecular flexibility index (Phi) is 3.31. The number of hydrogen-bond donors (Lipinski definition) is 2. The highest BCUT2D eigenvalue weighted by molar-refractivity contribution is 5.30. The molecule has 20 heavy (non-hydrogen) atoms. The Balaban J connectivity index is 1.44. The molecule has 0 spiro atoms. The summed E-state index contributed by atoms with van der Waals surface area (Å²) in [5, 5.41) is 13.3. The Hall–Kier alpha value is -0.860. The second-order valence-corrected chi connectivity index (χ2v) is 7.20. The molecule has 1 aromatic rings. The van der Waals surface area contributed by atoms with Crippen molar-refractivity contribution in [2.75, 3.05) is 6.54 Å². The van der Waals surface area contributed by atoms with E-state index in [-0.39, 0.29) is 6.10 Å². The first-order chi connectivity index (χ1) is 9.79. The summed E-state index contributed by atoms with van der Waals surface area (Å²) in [7, 11) is 0. The average Bonchev–Trinajstić information content (AvgIpc) is 2.68. The van der Waals surface area contributed by atoms with Gasteiger partial charge in [-0.25, -0.2) is 0 Å². The maximum atomic E-state index is 9.41. The van der Waals surface area contributed by atoms with Crippen LogP contribution in [0, 0.1) is 17.8 Å². The molecule has 3 aliphatic carbocycles. The zero-order chi connectivity index (χ0) is 13.5. The third-order valence-electron chi connectivity index (χ3n) is 5.86. The lowest BCUT2D eigenvalue weighted by Gasteiger charge is -2.34. The van der Waals surface area contributed by atoms with Crippen molar-refractivity contribution in [1.82, 2.24) is 5.32 Å². The SMILES string of the molecule is OC1CC(CNC2C3CCC2Cc2ccccc2C3)C1. The van der Waals surface area contributed by atoms with Crippen LogP contribution in [0.4, 0.5) is 0 Å². The molecule has 3 aliphatic rings. The molecule has 2 fully saturated rings. The zero-order valence-corrected chi connectivity index (χ0v) is 12.1. The summed E-state index contributed by atoms with van der Waals surface area (Å²) in [6.07, 6.45) is 7.31. The van der Waals surface area contributed by atoms with Gasteiger partial charge in [0, 0.05) is 6.04 Å². The van der Waals surface area contributed by atoms with Gasteiger partial charge >= 0.3 is 0 Å². The fourth-order valence-corrected chi connectivity index (χ4v) is 4.65. The smallest absolute Gasteiger partial charge is 0.0546 e. The molecule has 2 nitrogen and oxygen atoms in total. The first-order valence-electron chi connectivity index (χ1n) is 8.28. The number of benzene rings is 1. The predicted octanol–water partition coefficient (Wildman–Crippen LogP) is 2.54. The molecule has 2 N–H and O–H groups in total. The number of fused-ring (bicyclic) bond motifs is 3. The average molecular weight is 271 g/mol. The Morgan fingerprint density at radius 2 is 1.60 bits per heavy atom. The highest BCUT2D eigenvalue weighted by Gasteiger charge is 2.39. The van der Waals surface area contributed by atoms with Crippen LogP contribution in [0.1, 0.15) is 36.8 Å². The molecular weight excluding hydrogens is 246 g/mol. The van der Waals surface area contributed by atoms with E-state index >= 15 is 0 Å². The molecule has 2 unspecified atom stereocenters. The summed E-state index contributed by atoms with van der Waals surface area (Å²) in [6, 6.07) is 9.75. The monoisotopic (exact) mass is 271 g/mol. The van der Waals surface area contributed by atoms with Gasteiger partial charge in [-0.3, -0.25) is 0 Å². The third-order valence-corrected chi connectivity index (χ3v) is 5.86. The zero-order valence-electron chi connectivity index (χ0n) is 12.1. The minimum Gasteiger partial charge on any atom is -0.393 e. The molecule has 2 saturated carbocycles. The first kappa shape index (κ1) is 12.8. The fourth-order valence-electron chi connectivity index (χ4n) is 4.65. The van der Waals surface area contributed by atoms with Crippen molar-refractivity contribution in [3.8, 4) is 0 Å². The molecule has 2 heteroatoms. The second kappa shape index (κ2) is 5.16. The van der Waals surface area contributed by atoms with Gasteiger partial charge in [0.05, 0.1) is 6.10 Å². The standard InChI is InChI=1S/C18H25NO/c20-17-7-12(8-17)11-19-18-15-5-6-16(18)10-14-4-2-1-3-13(14)9-15/h1-4,12,15-20H,5-11H2. The van der Waals surface area contributed by atoms with Crippen LogP contribution >= 0.6 is 0 Å². The van der Waals surface area contributed by atoms with Gasteiger partial charge in [-0.2, -0.15) is 0 Å². The van der Waals surface area contributed by atoms with E-state index in [0.29, 0.717) is 6.04 Å². The minimum atomic E-state index is -0.0167. The normalized spacial score (nSPS) is 39.0. The maximum absolute atomic E-state index is 9.41. The molecule has 0 aromatic heterocycles. The summed E-state index contributed by atoms with van der Waals surface area (Å²) in [5.41, 5.74) is 3.18. The molecule has 0 aliphatic heterocycles. The molecule has 0 radical (unpaired) electrons. The lowest BCUT2D eigenvalue weighted by Crippen LogP contribution is -2.44. The van der Waals surface area contributed by atoms with E-state index in [2.05, 4.69) is 29.6 Å². The number of aliphatic hydroxyl groups excluding tert-OH is 1. The number of rotatable bonds is 3. The van der Waals surface area contributed by atoms with Crippen molar-refractivity contribution in [2.24, 2.45) is 17.8 Å². The quantitative estimate of drug-likeness (QED) is 0.885. The molecule has 0 heterocycles. The van der Waals surface area contributed by atoms with Gasteiger partial charge in [0.1, 0.15) is 0 Å². The minimum absolute atomic E-state index is 0.0167. The van der Waals surface area contributed by atoms with Crippen LogP contribution in [-0.4, -0.2) is 23.8 Å². The van der Waals surface area contributed by atoms with Crippen LogP contribution in [0.25, 0.3) is 0 Å². The van der Waals surface area contributed by atoms with E-state index in [1.165, 1.54) is 25.7 Å². The summed E-state index contributed by atoms with van der Waals surface area (Å²) in [5.74, 6) is 2.37. The largest absolute Gasteiger partial charge is 0.393 e. The molecular formula is C18H25NO. The van der Waals surface area contributed by atoms with Gasteiger partial charge in [-0.05, 0) is 74.0 Å². The van der Waals surface area contributed by atoms with Crippen LogP contribution in [-0.2, 0) is 12.8 Å². The molecule has 108 valence electrons. The van der Waals surface area contributed by atoms with E-state index < -0.39 is 0 Å². The van der Waals surface area contributed by atoms with E-state index in [9.17, 15) is 5.11 Å². The van der Waals surface area contributed by atoms with Crippen molar-refractivity contribution in [2.45, 2.75) is 50.7 Å². The summed E-state index contributed by atoms with van der Waals surface area (Å²) in [6.45, 7) is 1.12. The number of nitrogens with one attached hydrogen (secondary N) is 1. The predicted molar refractivity (Wildman–Crippen MR) is 80.6 cm³/mol. The molecule has 0 saturated heterocycles. The molecule has 4 rings (SSSR count). The Morgan fingerprint density at radius 3 is 2.15 bits per heavy atom. The van der Waals surface area contributed by atoms with Crippen LogP contribution in [0.5, 0.6) is 0 Å². The Bertz CT molecular complexity index is 447. The van der Waals surface area contributed by atoms with Crippen LogP contribution in [0.15, 0.2) is 24.3 Å². The lowest BCUT2D eigenvalue weighted by atomic mass is 9.82. The van der Waals surface area contributed by atoms with Crippen molar-refractivity contribution >= 4 is 0 Å². The van der Waals surface area contributed by atoms with E-state index in [4.69, 9.17) is 0 Å². The van der Waals surface area contributed by atoms with Gasteiger partial charge < -0.3 is 10.4 Å². The van der Waals surface area contributed by atoms with Crippen LogP contribution in [0.3, 0.4) is 0 Å². The summed E-state index contributed by atoms with van der Waals surface area (Å²) < 4.78 is 0. The third kappa shape index (κ3) is 2.29. The van der Waals surface area contributed by atoms with Gasteiger partial charge in [-0.15, -0.1) is 0 Å². The fraction of sp³-hybridized carbons (Fsp3) is 0.667. The molecule has 2 bridgehead atoms. The van der Waals surface area contributed by atoms with E-state index in [1.807, 2.05) is 0 Å². The van der Waals surface area contributed by atoms with Gasteiger partial charge in [-0.1, -0.05) is 24.3 Å². The number of aliphatic hydroxyl groups is 1. The van der Waals surface area contributed by atoms with Gasteiger partial charge in [0.25, 0.3) is 0 Å². The Morgan fingerprint density at radius 1 is 1.00 bits per heavy atom. The topological polar surface area (TPSA) is 32.3 Å². The highest BCUT2D eigenvalue weighted by atomic mass is 16.3. The van der Waals surface area contributed by atoms with Crippen molar-refractivity contribution in [3.63, 3.8) is 0 Å². The van der Waals surface area contributed by atoms with Crippen molar-refractivity contribution < 1.29 is 5.11 Å². The lowest BCUT2D eigenvalue weighted by molar-refractivity contribution is 0.0405. The van der Waals surface area contributed by atoms with Crippen molar-refractivity contribution in [3.05, 3.63) is 35.4 Å². The second-order valence-electron chi connectivity index (χ2n) is 7.20. The van der Waals surface area contributed by atoms with Gasteiger partial charge in [0.2, 0.25) is 0 Å². The van der Waals surface area contributed by atoms with Gasteiger partial charge in [0.15, 0.2) is 0 Å². The first-order valence-corrected chi connectivity index (χ1v) is 8.28. The molecule has 1 aromatic carbocycles. The molecule has 0 amide bonds. The summed E-state index contributed by atoms with van der Waals surface area (Å²) >= 11 is 0. The van der Waals surface area contributed by atoms with E-state index in [1.54, 1.807) is 11.1 Å². The highest BCUT2D eigenvalue weighted by Crippen LogP contribution is 2.40. The maximum Gasteiger partial charge on any atom is 0.0546 e. The van der Waals surface area contributed by atoms with Crippen LogP contribution in [0.2, 0.25) is 0 Å². The van der Waals surface area contributed by atoms with Crippen LogP contribution < -0.4 is 5.32 Å². The van der Waals surface area contributed by atoms with E-state index in [0.717, 1.165) is 37.1 Å². The molecule has 2 atom stereocenters.